The molecule has 0 spiro atoms. The molecule has 0 saturated carbocycles. The van der Waals surface area contributed by atoms with Crippen molar-refractivity contribution in [3.63, 3.8) is 0 Å². The van der Waals surface area contributed by atoms with E-state index in [-0.39, 0.29) is 5.97 Å². The molecule has 14 heavy (non-hydrogen) atoms. The van der Waals surface area contributed by atoms with Crippen LogP contribution in [0.15, 0.2) is 0 Å². The van der Waals surface area contributed by atoms with Crippen molar-refractivity contribution in [2.45, 2.75) is 51.7 Å². The maximum atomic E-state index is 11.5. The van der Waals surface area contributed by atoms with Gasteiger partial charge >= 0.3 is 91.3 Å². The molecule has 0 heterocycles. The summed E-state index contributed by atoms with van der Waals surface area (Å²) in [5.41, 5.74) is 5.36. The van der Waals surface area contributed by atoms with E-state index in [2.05, 4.69) is 14.8 Å². The monoisotopic (exact) mass is 309 g/mol. The van der Waals surface area contributed by atoms with Crippen LogP contribution in [0, 0.1) is 0 Å². The Balaban J connectivity index is 4.15. The number of nitrogens with two attached hydrogens (primary N) is 1. The fourth-order valence-corrected chi connectivity index (χ4v) is 5.36. The van der Waals surface area contributed by atoms with Gasteiger partial charge < -0.3 is 0 Å². The number of esters is 1. The van der Waals surface area contributed by atoms with E-state index in [1.54, 1.807) is 0 Å². The van der Waals surface area contributed by atoms with Crippen LogP contribution in [0.5, 0.6) is 0 Å². The molecule has 0 unspecified atom stereocenters. The van der Waals surface area contributed by atoms with Crippen LogP contribution < -0.4 is 5.73 Å². The van der Waals surface area contributed by atoms with Gasteiger partial charge in [0.25, 0.3) is 0 Å². The average Bonchev–Trinajstić information content (AvgIpc) is 1.78. The molecular weight excluding hydrogens is 285 g/mol. The average molecular weight is 308 g/mol. The molecule has 1 atom stereocenters. The van der Waals surface area contributed by atoms with Gasteiger partial charge in [0.2, 0.25) is 0 Å². The first-order valence-electron chi connectivity index (χ1n) is 5.00. The van der Waals surface area contributed by atoms with Gasteiger partial charge in [0.1, 0.15) is 0 Å². The predicted octanol–water partition coefficient (Wildman–Crippen LogP) is 1.99. The van der Waals surface area contributed by atoms with Gasteiger partial charge in [0, 0.05) is 0 Å². The van der Waals surface area contributed by atoms with Crippen LogP contribution in [0.1, 0.15) is 20.8 Å². The van der Waals surface area contributed by atoms with Crippen molar-refractivity contribution in [3.8, 4) is 0 Å². The minimum absolute atomic E-state index is 0.260. The topological polar surface area (TPSA) is 52.3 Å². The Morgan fingerprint density at radius 1 is 1.36 bits per heavy atom. The molecule has 0 bridgehead atoms. The van der Waals surface area contributed by atoms with Gasteiger partial charge in [-0.15, -0.1) is 0 Å². The number of rotatable bonds is 3. The third-order valence-corrected chi connectivity index (χ3v) is 6.29. The van der Waals surface area contributed by atoms with Crippen LogP contribution >= 0.6 is 0 Å². The fourth-order valence-electron chi connectivity index (χ4n) is 1.12. The van der Waals surface area contributed by atoms with Gasteiger partial charge in [0.15, 0.2) is 0 Å². The van der Waals surface area contributed by atoms with E-state index >= 15 is 0 Å². The summed E-state index contributed by atoms with van der Waals surface area (Å²) in [6.45, 7) is 5.58. The zero-order valence-corrected chi connectivity index (χ0v) is 13.0. The van der Waals surface area contributed by atoms with Gasteiger partial charge in [0.05, 0.1) is 0 Å². The van der Waals surface area contributed by atoms with Crippen LogP contribution in [0.3, 0.4) is 0 Å². The van der Waals surface area contributed by atoms with Crippen LogP contribution in [0.2, 0.25) is 19.3 Å². The Labute approximate surface area is 91.3 Å². The first-order chi connectivity index (χ1) is 6.01. The third-order valence-electron chi connectivity index (χ3n) is 1.54. The predicted molar refractivity (Wildman–Crippen MR) is 62.0 cm³/mol. The SMILES string of the molecule is CC(C)(C)OC(=O)[C@@H](N)[CH2][Sn]([CH3])([CH3])[CH3]. The molecule has 0 aliphatic rings. The van der Waals surface area contributed by atoms with Gasteiger partial charge in [-0.3, -0.25) is 0 Å². The summed E-state index contributed by atoms with van der Waals surface area (Å²) in [7, 11) is 0. The summed E-state index contributed by atoms with van der Waals surface area (Å²) in [6.07, 6.45) is 0. The van der Waals surface area contributed by atoms with Crippen molar-refractivity contribution in [2.24, 2.45) is 5.73 Å². The fraction of sp³-hybridized carbons (Fsp3) is 0.900. The quantitative estimate of drug-likeness (QED) is 0.641. The van der Waals surface area contributed by atoms with Crippen molar-refractivity contribution in [2.75, 3.05) is 0 Å². The first kappa shape index (κ1) is 14.2. The summed E-state index contributed by atoms with van der Waals surface area (Å²) in [5.74, 6) is -0.260. The Hall–Kier alpha value is 0.229. The molecule has 3 nitrogen and oxygen atoms in total. The number of ether oxygens (including phenoxy) is 1. The summed E-state index contributed by atoms with van der Waals surface area (Å²) >= 11 is -1.97. The first-order valence-corrected chi connectivity index (χ1v) is 15.6. The Bertz CT molecular complexity index is 203. The zero-order valence-electron chi connectivity index (χ0n) is 10.2. The summed E-state index contributed by atoms with van der Waals surface area (Å²) in [6, 6.07) is -0.426. The Morgan fingerprint density at radius 2 is 1.79 bits per heavy atom. The normalized spacial score (nSPS) is 15.1. The van der Waals surface area contributed by atoms with Gasteiger partial charge in [-0.05, 0) is 0 Å². The van der Waals surface area contributed by atoms with Crippen molar-refractivity contribution < 1.29 is 9.53 Å². The van der Waals surface area contributed by atoms with E-state index in [1.165, 1.54) is 0 Å². The molecule has 84 valence electrons. The van der Waals surface area contributed by atoms with Crippen molar-refractivity contribution in [1.29, 1.82) is 0 Å². The molecule has 0 aromatic rings. The zero-order chi connectivity index (χ0) is 11.6. The van der Waals surface area contributed by atoms with Crippen molar-refractivity contribution >= 4 is 24.3 Å². The van der Waals surface area contributed by atoms with Gasteiger partial charge in [-0.2, -0.15) is 0 Å². The molecule has 0 saturated heterocycles. The maximum absolute atomic E-state index is 11.5. The van der Waals surface area contributed by atoms with Crippen LogP contribution in [-0.2, 0) is 9.53 Å². The number of hydrogen-bond acceptors (Lipinski definition) is 3. The van der Waals surface area contributed by atoms with Crippen molar-refractivity contribution in [3.05, 3.63) is 0 Å². The van der Waals surface area contributed by atoms with Crippen LogP contribution in [-0.4, -0.2) is 36.0 Å². The number of hydrogen-bond donors (Lipinski definition) is 1. The number of carbonyl (C=O) groups is 1. The standard InChI is InChI=1S/C7H14NO2.3CH3.Sn/c1-5(8)6(9)10-7(2,3)4;;;;/h5H,1,8H2,2-4H3;3*1H3;/t5-;;;;/m0..../s1. The van der Waals surface area contributed by atoms with Gasteiger partial charge in [-0.25, -0.2) is 0 Å². The summed E-state index contributed by atoms with van der Waals surface area (Å²) in [5, 5.41) is 0. The van der Waals surface area contributed by atoms with E-state index in [4.69, 9.17) is 10.5 Å². The molecular formula is C10H23NO2Sn. The van der Waals surface area contributed by atoms with Crippen LogP contribution in [0.4, 0.5) is 0 Å². The Morgan fingerprint density at radius 3 is 2.07 bits per heavy atom. The van der Waals surface area contributed by atoms with E-state index < -0.39 is 30.0 Å². The molecule has 0 rings (SSSR count). The molecule has 0 amide bonds. The van der Waals surface area contributed by atoms with E-state index in [1.807, 2.05) is 20.8 Å². The molecule has 0 aliphatic carbocycles. The van der Waals surface area contributed by atoms with E-state index in [9.17, 15) is 4.79 Å². The molecule has 2 N–H and O–H groups in total. The molecule has 4 heteroatoms. The third kappa shape index (κ3) is 7.62. The molecule has 0 fully saturated rings. The van der Waals surface area contributed by atoms with Crippen molar-refractivity contribution in [1.82, 2.24) is 0 Å². The molecule has 0 aromatic heterocycles. The van der Waals surface area contributed by atoms with E-state index in [0.717, 1.165) is 4.44 Å². The summed E-state index contributed by atoms with van der Waals surface area (Å²) < 4.78 is 6.07. The molecule has 0 aliphatic heterocycles. The second kappa shape index (κ2) is 4.83. The second-order valence-corrected chi connectivity index (χ2v) is 21.7. The molecule has 0 aromatic carbocycles. The molecule has 0 radical (unpaired) electrons. The Kier molecular flexibility index (Phi) is 4.91. The van der Waals surface area contributed by atoms with E-state index in [0.29, 0.717) is 0 Å². The van der Waals surface area contributed by atoms with Gasteiger partial charge in [-0.1, -0.05) is 0 Å². The van der Waals surface area contributed by atoms with Crippen LogP contribution in [0.25, 0.3) is 0 Å². The summed E-state index contributed by atoms with van der Waals surface area (Å²) in [4.78, 5) is 18.3. The minimum atomic E-state index is -1.97. The second-order valence-electron chi connectivity index (χ2n) is 5.90. The number of carbonyl (C=O) groups excluding carboxylic acids is 1.